The SMILES string of the molecule is CCC=C(NCC1CCCC1)c1c[nH]c2ncc(C3CC3)nc12. The minimum atomic E-state index is 0.639. The van der Waals surface area contributed by atoms with E-state index in [0.717, 1.165) is 35.7 Å². The molecule has 0 aliphatic heterocycles. The first kappa shape index (κ1) is 14.7. The van der Waals surface area contributed by atoms with Gasteiger partial charge in [0.2, 0.25) is 0 Å². The molecule has 2 aromatic rings. The molecule has 2 aliphatic rings. The first-order valence-corrected chi connectivity index (χ1v) is 9.13. The van der Waals surface area contributed by atoms with Crippen LogP contribution in [0.4, 0.5) is 0 Å². The number of nitrogens with zero attached hydrogens (tertiary/aromatic N) is 2. The maximum absolute atomic E-state index is 4.91. The van der Waals surface area contributed by atoms with Gasteiger partial charge in [0.05, 0.1) is 11.9 Å². The van der Waals surface area contributed by atoms with Crippen LogP contribution in [0.5, 0.6) is 0 Å². The summed E-state index contributed by atoms with van der Waals surface area (Å²) < 4.78 is 0. The van der Waals surface area contributed by atoms with E-state index in [4.69, 9.17) is 4.98 Å². The summed E-state index contributed by atoms with van der Waals surface area (Å²) in [4.78, 5) is 12.8. The summed E-state index contributed by atoms with van der Waals surface area (Å²) in [5.41, 5.74) is 5.47. The first-order valence-electron chi connectivity index (χ1n) is 9.13. The van der Waals surface area contributed by atoms with Gasteiger partial charge in [0, 0.05) is 29.9 Å². The van der Waals surface area contributed by atoms with Crippen LogP contribution in [0, 0.1) is 5.92 Å². The molecule has 23 heavy (non-hydrogen) atoms. The Hall–Kier alpha value is -1.84. The van der Waals surface area contributed by atoms with Crippen molar-refractivity contribution in [2.45, 2.75) is 57.8 Å². The van der Waals surface area contributed by atoms with E-state index in [1.807, 2.05) is 6.20 Å². The van der Waals surface area contributed by atoms with Gasteiger partial charge >= 0.3 is 0 Å². The third kappa shape index (κ3) is 3.12. The number of nitrogens with one attached hydrogen (secondary N) is 2. The number of aromatic nitrogens is 3. The Morgan fingerprint density at radius 2 is 2.13 bits per heavy atom. The van der Waals surface area contributed by atoms with Crippen LogP contribution in [0.15, 0.2) is 18.5 Å². The van der Waals surface area contributed by atoms with Crippen LogP contribution in [0.1, 0.15) is 69.0 Å². The van der Waals surface area contributed by atoms with Gasteiger partial charge in [-0.1, -0.05) is 25.8 Å². The van der Waals surface area contributed by atoms with Crippen LogP contribution in [-0.4, -0.2) is 21.5 Å². The zero-order valence-electron chi connectivity index (χ0n) is 13.9. The van der Waals surface area contributed by atoms with Crippen molar-refractivity contribution in [3.05, 3.63) is 29.7 Å². The number of fused-ring (bicyclic) bond motifs is 1. The van der Waals surface area contributed by atoms with E-state index in [1.165, 1.54) is 49.8 Å². The van der Waals surface area contributed by atoms with Crippen molar-refractivity contribution >= 4 is 16.9 Å². The highest BCUT2D eigenvalue weighted by Gasteiger charge is 2.26. The molecular formula is C19H26N4. The Morgan fingerprint density at radius 3 is 2.87 bits per heavy atom. The molecule has 0 atom stereocenters. The molecule has 0 saturated heterocycles. The van der Waals surface area contributed by atoms with Gasteiger partial charge in [-0.15, -0.1) is 0 Å². The van der Waals surface area contributed by atoms with Crippen molar-refractivity contribution in [3.8, 4) is 0 Å². The van der Waals surface area contributed by atoms with Crippen LogP contribution in [0.25, 0.3) is 16.9 Å². The molecule has 0 unspecified atom stereocenters. The number of hydrogen-bond donors (Lipinski definition) is 2. The van der Waals surface area contributed by atoms with Gasteiger partial charge in [-0.05, 0) is 38.0 Å². The van der Waals surface area contributed by atoms with Gasteiger partial charge in [0.1, 0.15) is 5.52 Å². The lowest BCUT2D eigenvalue weighted by Crippen LogP contribution is -2.20. The molecule has 0 amide bonds. The third-order valence-electron chi connectivity index (χ3n) is 5.15. The number of allylic oxidation sites excluding steroid dienone is 1. The van der Waals surface area contributed by atoms with Gasteiger partial charge in [0.25, 0.3) is 0 Å². The Labute approximate surface area is 137 Å². The van der Waals surface area contributed by atoms with E-state index in [2.05, 4.69) is 34.5 Å². The molecule has 4 heteroatoms. The van der Waals surface area contributed by atoms with Gasteiger partial charge < -0.3 is 10.3 Å². The Bertz CT molecular complexity index is 705. The van der Waals surface area contributed by atoms with Crippen LogP contribution in [0.3, 0.4) is 0 Å². The average Bonchev–Trinajstić information content (AvgIpc) is 3.13. The van der Waals surface area contributed by atoms with Crippen LogP contribution in [-0.2, 0) is 0 Å². The van der Waals surface area contributed by atoms with Crippen molar-refractivity contribution in [3.63, 3.8) is 0 Å². The molecule has 2 aliphatic carbocycles. The third-order valence-corrected chi connectivity index (χ3v) is 5.15. The number of H-pyrrole nitrogens is 1. The normalized spacial score (nSPS) is 19.6. The fraction of sp³-hybridized carbons (Fsp3) is 0.579. The molecule has 0 bridgehead atoms. The Kier molecular flexibility index (Phi) is 4.06. The molecular weight excluding hydrogens is 284 g/mol. The summed E-state index contributed by atoms with van der Waals surface area (Å²) in [5.74, 6) is 1.47. The lowest BCUT2D eigenvalue weighted by atomic mass is 10.1. The first-order chi connectivity index (χ1) is 11.3. The molecule has 4 rings (SSSR count). The molecule has 122 valence electrons. The van der Waals surface area contributed by atoms with E-state index >= 15 is 0 Å². The average molecular weight is 310 g/mol. The number of aromatic amines is 1. The van der Waals surface area contributed by atoms with E-state index in [9.17, 15) is 0 Å². The van der Waals surface area contributed by atoms with Crippen molar-refractivity contribution in [2.24, 2.45) is 5.92 Å². The Balaban J connectivity index is 1.60. The van der Waals surface area contributed by atoms with Crippen molar-refractivity contribution in [2.75, 3.05) is 6.54 Å². The molecule has 2 saturated carbocycles. The number of rotatable bonds is 6. The fourth-order valence-corrected chi connectivity index (χ4v) is 3.64. The lowest BCUT2D eigenvalue weighted by Gasteiger charge is -2.14. The lowest BCUT2D eigenvalue weighted by molar-refractivity contribution is 0.531. The highest BCUT2D eigenvalue weighted by molar-refractivity contribution is 5.87. The van der Waals surface area contributed by atoms with Gasteiger partial charge in [-0.2, -0.15) is 0 Å². The Morgan fingerprint density at radius 1 is 1.30 bits per heavy atom. The van der Waals surface area contributed by atoms with E-state index in [-0.39, 0.29) is 0 Å². The van der Waals surface area contributed by atoms with Crippen LogP contribution < -0.4 is 5.32 Å². The molecule has 0 radical (unpaired) electrons. The molecule has 0 aromatic carbocycles. The predicted molar refractivity (Wildman–Crippen MR) is 94.1 cm³/mol. The summed E-state index contributed by atoms with van der Waals surface area (Å²) in [6.45, 7) is 3.27. The van der Waals surface area contributed by atoms with Gasteiger partial charge in [-0.3, -0.25) is 0 Å². The fourth-order valence-electron chi connectivity index (χ4n) is 3.64. The van der Waals surface area contributed by atoms with Gasteiger partial charge in [0.15, 0.2) is 5.65 Å². The topological polar surface area (TPSA) is 53.6 Å². The summed E-state index contributed by atoms with van der Waals surface area (Å²) in [7, 11) is 0. The van der Waals surface area contributed by atoms with E-state index < -0.39 is 0 Å². The summed E-state index contributed by atoms with van der Waals surface area (Å²) >= 11 is 0. The zero-order chi connectivity index (χ0) is 15.6. The summed E-state index contributed by atoms with van der Waals surface area (Å²) in [5, 5.41) is 3.69. The molecule has 0 spiro atoms. The van der Waals surface area contributed by atoms with Crippen molar-refractivity contribution in [1.82, 2.24) is 20.3 Å². The zero-order valence-corrected chi connectivity index (χ0v) is 13.9. The summed E-state index contributed by atoms with van der Waals surface area (Å²) in [6.07, 6.45) is 15.3. The molecule has 2 heterocycles. The monoisotopic (exact) mass is 310 g/mol. The van der Waals surface area contributed by atoms with Crippen LogP contribution >= 0.6 is 0 Å². The molecule has 2 fully saturated rings. The van der Waals surface area contributed by atoms with Gasteiger partial charge in [-0.25, -0.2) is 9.97 Å². The standard InChI is InChI=1S/C19H26N4/c1-2-5-16(20-10-13-6-3-4-7-13)15-11-21-19-18(15)23-17(12-22-19)14-8-9-14/h5,11-14,20H,2-4,6-10H2,1H3,(H,21,22). The quantitative estimate of drug-likeness (QED) is 0.833. The smallest absolute Gasteiger partial charge is 0.156 e. The number of hydrogen-bond acceptors (Lipinski definition) is 3. The van der Waals surface area contributed by atoms with E-state index in [1.54, 1.807) is 0 Å². The molecule has 2 aromatic heterocycles. The second kappa shape index (κ2) is 6.34. The minimum absolute atomic E-state index is 0.639. The van der Waals surface area contributed by atoms with Crippen molar-refractivity contribution < 1.29 is 0 Å². The minimum Gasteiger partial charge on any atom is -0.384 e. The second-order valence-electron chi connectivity index (χ2n) is 7.03. The van der Waals surface area contributed by atoms with Crippen LogP contribution in [0.2, 0.25) is 0 Å². The molecule has 2 N–H and O–H groups in total. The van der Waals surface area contributed by atoms with E-state index in [0.29, 0.717) is 5.92 Å². The molecule has 4 nitrogen and oxygen atoms in total. The largest absolute Gasteiger partial charge is 0.384 e. The maximum Gasteiger partial charge on any atom is 0.156 e. The highest BCUT2D eigenvalue weighted by Crippen LogP contribution is 2.39. The summed E-state index contributed by atoms with van der Waals surface area (Å²) in [6, 6.07) is 0. The highest BCUT2D eigenvalue weighted by atomic mass is 14.9. The maximum atomic E-state index is 4.91. The van der Waals surface area contributed by atoms with Crippen molar-refractivity contribution in [1.29, 1.82) is 0 Å². The second-order valence-corrected chi connectivity index (χ2v) is 7.03. The predicted octanol–water partition coefficient (Wildman–Crippen LogP) is 4.37.